The van der Waals surface area contributed by atoms with Crippen LogP contribution >= 0.6 is 0 Å². The van der Waals surface area contributed by atoms with Crippen LogP contribution in [-0.2, 0) is 44.7 Å². The van der Waals surface area contributed by atoms with Gasteiger partial charge in [-0.1, -0.05) is 81.5 Å². The Balaban J connectivity index is 2.38. The Bertz CT molecular complexity index is 1470. The molecule has 2 rings (SSSR count). The lowest BCUT2D eigenvalue weighted by Gasteiger charge is -2.37. The number of ketones is 1. The van der Waals surface area contributed by atoms with E-state index in [0.717, 1.165) is 11.1 Å². The highest BCUT2D eigenvalue weighted by Gasteiger charge is 2.40. The molecular formula is C38H57NO9SSi. The summed E-state index contributed by atoms with van der Waals surface area (Å²) in [6, 6.07) is 15.5. The molecule has 0 fully saturated rings. The standard InChI is InChI=1S/C38H57NO9SSi/c1-9-25-47-37(42)39-32(28-48-50(7,8)38(3,4)5)20-23-34(49(43,44)33-21-17-29(2)18-22-33)36(41)31(19-24-35(40)45-6)16-13-26-46-27-30-14-11-10-12-15-30/h9-12,14-15,17-18,21-22,31-32,34H,1,13,16,19-20,23-28H2,2-8H3,(H,39,42)/t31-,32+,34?/m0/s1. The fraction of sp³-hybridized carbons (Fsp3) is 0.553. The molecule has 0 aliphatic rings. The molecule has 3 atom stereocenters. The van der Waals surface area contributed by atoms with E-state index in [4.69, 9.17) is 18.6 Å². The summed E-state index contributed by atoms with van der Waals surface area (Å²) in [6.45, 7) is 16.8. The van der Waals surface area contributed by atoms with Gasteiger partial charge < -0.3 is 24.0 Å². The van der Waals surface area contributed by atoms with Crippen molar-refractivity contribution in [1.29, 1.82) is 0 Å². The second-order valence-corrected chi connectivity index (χ2v) is 21.1. The van der Waals surface area contributed by atoms with Crippen LogP contribution in [0.3, 0.4) is 0 Å². The monoisotopic (exact) mass is 731 g/mol. The molecule has 0 spiro atoms. The predicted molar refractivity (Wildman–Crippen MR) is 198 cm³/mol. The molecule has 0 aromatic heterocycles. The van der Waals surface area contributed by atoms with Crippen molar-refractivity contribution in [3.05, 3.63) is 78.4 Å². The van der Waals surface area contributed by atoms with Gasteiger partial charge in [0, 0.05) is 18.9 Å². The Morgan fingerprint density at radius 3 is 2.22 bits per heavy atom. The Kier molecular flexibility index (Phi) is 17.6. The van der Waals surface area contributed by atoms with E-state index in [1.54, 1.807) is 12.1 Å². The van der Waals surface area contributed by atoms with Gasteiger partial charge in [-0.25, -0.2) is 13.2 Å². The van der Waals surface area contributed by atoms with Gasteiger partial charge in [-0.05, 0) is 74.9 Å². The summed E-state index contributed by atoms with van der Waals surface area (Å²) < 4.78 is 50.8. The molecule has 10 nitrogen and oxygen atoms in total. The first kappa shape index (κ1) is 42.8. The van der Waals surface area contributed by atoms with Crippen molar-refractivity contribution in [3.8, 4) is 0 Å². The number of rotatable bonds is 22. The van der Waals surface area contributed by atoms with Crippen LogP contribution in [0.1, 0.15) is 70.4 Å². The highest BCUT2D eigenvalue weighted by Crippen LogP contribution is 2.37. The third kappa shape index (κ3) is 14.1. The molecule has 2 aromatic rings. The molecular weight excluding hydrogens is 675 g/mol. The van der Waals surface area contributed by atoms with Crippen LogP contribution in [0.2, 0.25) is 18.1 Å². The SMILES string of the molecule is C=CCOC(=O)N[C@H](CCC(C(=O)[C@@H](CCCOCc1ccccc1)CCC(=O)OC)S(=O)(=O)c1ccc(C)cc1)CO[Si](C)(C)C(C)(C)C. The van der Waals surface area contributed by atoms with E-state index in [0.29, 0.717) is 26.1 Å². The molecule has 0 radical (unpaired) electrons. The summed E-state index contributed by atoms with van der Waals surface area (Å²) >= 11 is 0. The van der Waals surface area contributed by atoms with Crippen LogP contribution in [-0.4, -0.2) is 72.8 Å². The minimum Gasteiger partial charge on any atom is -0.469 e. The van der Waals surface area contributed by atoms with Crippen molar-refractivity contribution in [3.63, 3.8) is 0 Å². The van der Waals surface area contributed by atoms with Crippen molar-refractivity contribution in [2.45, 2.75) is 107 Å². The van der Waals surface area contributed by atoms with E-state index in [1.165, 1.54) is 25.3 Å². The van der Waals surface area contributed by atoms with Gasteiger partial charge in [0.15, 0.2) is 23.9 Å². The number of carbonyl (C=O) groups excluding carboxylic acids is 3. The molecule has 2 aromatic carbocycles. The summed E-state index contributed by atoms with van der Waals surface area (Å²) in [5, 5.41) is 1.28. The van der Waals surface area contributed by atoms with Crippen molar-refractivity contribution in [2.75, 3.05) is 26.9 Å². The molecule has 1 N–H and O–H groups in total. The second-order valence-electron chi connectivity index (χ2n) is 14.1. The summed E-state index contributed by atoms with van der Waals surface area (Å²) in [7, 11) is -5.14. The number of hydrogen-bond donors (Lipinski definition) is 1. The lowest BCUT2D eigenvalue weighted by atomic mass is 9.89. The Labute approximate surface area is 300 Å². The maximum Gasteiger partial charge on any atom is 0.407 e. The molecule has 1 amide bonds. The first-order valence-electron chi connectivity index (χ1n) is 17.2. The number of Topliss-reactive ketones (excluding diaryl/α,β-unsaturated/α-hetero) is 1. The molecule has 0 bridgehead atoms. The smallest absolute Gasteiger partial charge is 0.407 e. The number of nitrogens with one attached hydrogen (secondary N) is 1. The van der Waals surface area contributed by atoms with E-state index in [2.05, 4.69) is 45.8 Å². The number of aryl methyl sites for hydroxylation is 1. The fourth-order valence-electron chi connectivity index (χ4n) is 5.04. The second kappa shape index (κ2) is 20.5. The quantitative estimate of drug-likeness (QED) is 0.0571. The zero-order valence-corrected chi connectivity index (χ0v) is 32.7. The van der Waals surface area contributed by atoms with Crippen LogP contribution in [0.5, 0.6) is 0 Å². The van der Waals surface area contributed by atoms with E-state index in [1.807, 2.05) is 37.3 Å². The molecule has 50 heavy (non-hydrogen) atoms. The molecule has 0 aliphatic carbocycles. The third-order valence-corrected chi connectivity index (χ3v) is 15.9. The number of sulfone groups is 1. The highest BCUT2D eigenvalue weighted by molar-refractivity contribution is 7.92. The third-order valence-electron chi connectivity index (χ3n) is 9.20. The van der Waals surface area contributed by atoms with Gasteiger partial charge in [0.25, 0.3) is 0 Å². The lowest BCUT2D eigenvalue weighted by molar-refractivity contribution is -0.141. The molecule has 0 saturated heterocycles. The maximum absolute atomic E-state index is 14.4. The number of carbonyl (C=O) groups is 3. The Morgan fingerprint density at radius 2 is 1.62 bits per heavy atom. The number of benzene rings is 2. The normalized spacial score (nSPS) is 13.9. The van der Waals surface area contributed by atoms with Crippen molar-refractivity contribution >= 4 is 36.0 Å². The highest BCUT2D eigenvalue weighted by atomic mass is 32.2. The van der Waals surface area contributed by atoms with Gasteiger partial charge >= 0.3 is 12.1 Å². The number of alkyl carbamates (subject to hydrolysis) is 1. The predicted octanol–water partition coefficient (Wildman–Crippen LogP) is 7.36. The van der Waals surface area contributed by atoms with Crippen molar-refractivity contribution in [2.24, 2.45) is 5.92 Å². The summed E-state index contributed by atoms with van der Waals surface area (Å²) in [5.74, 6) is -1.70. The topological polar surface area (TPSA) is 134 Å². The lowest BCUT2D eigenvalue weighted by Crippen LogP contribution is -2.47. The molecule has 278 valence electrons. The number of amides is 1. The Hall–Kier alpha value is -3.32. The maximum atomic E-state index is 14.4. The van der Waals surface area contributed by atoms with Gasteiger partial charge in [0.05, 0.1) is 31.3 Å². The average Bonchev–Trinajstić information content (AvgIpc) is 3.07. The van der Waals surface area contributed by atoms with Crippen LogP contribution < -0.4 is 5.32 Å². The summed E-state index contributed by atoms with van der Waals surface area (Å²) in [5.41, 5.74) is 1.90. The zero-order valence-electron chi connectivity index (χ0n) is 30.9. The number of hydrogen-bond acceptors (Lipinski definition) is 9. The molecule has 1 unspecified atom stereocenters. The van der Waals surface area contributed by atoms with E-state index in [-0.39, 0.29) is 48.8 Å². The van der Waals surface area contributed by atoms with Gasteiger partial charge in [0.1, 0.15) is 11.9 Å². The Morgan fingerprint density at radius 1 is 0.960 bits per heavy atom. The first-order chi connectivity index (χ1) is 23.5. The number of esters is 1. The zero-order chi connectivity index (χ0) is 37.4. The minimum atomic E-state index is -4.17. The molecule has 0 heterocycles. The van der Waals surface area contributed by atoms with Gasteiger partial charge in [0.2, 0.25) is 0 Å². The van der Waals surface area contributed by atoms with Crippen LogP contribution in [0.25, 0.3) is 0 Å². The minimum absolute atomic E-state index is 0.00148. The molecule has 0 saturated carbocycles. The molecule has 0 aliphatic heterocycles. The fourth-order valence-corrected chi connectivity index (χ4v) is 7.88. The molecule has 12 heteroatoms. The van der Waals surface area contributed by atoms with E-state index < -0.39 is 53.2 Å². The van der Waals surface area contributed by atoms with E-state index >= 15 is 0 Å². The average molecular weight is 732 g/mol. The van der Waals surface area contributed by atoms with Crippen LogP contribution in [0.4, 0.5) is 4.79 Å². The summed E-state index contributed by atoms with van der Waals surface area (Å²) in [6.07, 6.45) is 1.72. The van der Waals surface area contributed by atoms with Gasteiger partial charge in [-0.2, -0.15) is 0 Å². The van der Waals surface area contributed by atoms with Gasteiger partial charge in [-0.3, -0.25) is 9.59 Å². The van der Waals surface area contributed by atoms with Crippen molar-refractivity contribution in [1.82, 2.24) is 5.32 Å². The number of ether oxygens (including phenoxy) is 3. The largest absolute Gasteiger partial charge is 0.469 e. The van der Waals surface area contributed by atoms with Crippen LogP contribution in [0, 0.1) is 12.8 Å². The van der Waals surface area contributed by atoms with Crippen molar-refractivity contribution < 1.29 is 41.4 Å². The van der Waals surface area contributed by atoms with Crippen LogP contribution in [0.15, 0.2) is 72.1 Å². The van der Waals surface area contributed by atoms with Gasteiger partial charge in [-0.15, -0.1) is 0 Å². The van der Waals surface area contributed by atoms with E-state index in [9.17, 15) is 22.8 Å². The first-order valence-corrected chi connectivity index (χ1v) is 21.7. The summed E-state index contributed by atoms with van der Waals surface area (Å²) in [4.78, 5) is 39.3. The number of methoxy groups -OCH3 is 1.